The predicted molar refractivity (Wildman–Crippen MR) is 89.6 cm³/mol. The molecule has 1 atom stereocenters. The number of rotatable bonds is 4. The van der Waals surface area contributed by atoms with E-state index in [1.54, 1.807) is 36.9 Å². The number of ether oxygens (including phenoxy) is 1. The highest BCUT2D eigenvalue weighted by Gasteiger charge is 2.21. The molecule has 122 valence electrons. The largest absolute Gasteiger partial charge is 0.448 e. The molecule has 2 rings (SSSR count). The van der Waals surface area contributed by atoms with Gasteiger partial charge < -0.3 is 14.6 Å². The maximum atomic E-state index is 12.3. The Bertz CT molecular complexity index is 723. The van der Waals surface area contributed by atoms with Gasteiger partial charge in [-0.2, -0.15) is 0 Å². The van der Waals surface area contributed by atoms with Gasteiger partial charge in [-0.05, 0) is 51.0 Å². The number of hydrogen-bond donors (Lipinski definition) is 1. The zero-order chi connectivity index (χ0) is 17.1. The number of nitrogens with one attached hydrogen (secondary N) is 1. The molecule has 0 saturated carbocycles. The van der Waals surface area contributed by atoms with Crippen molar-refractivity contribution in [1.29, 1.82) is 0 Å². The molecule has 0 saturated heterocycles. The Balaban J connectivity index is 2.06. The van der Waals surface area contributed by atoms with Crippen molar-refractivity contribution in [1.82, 2.24) is 4.57 Å². The van der Waals surface area contributed by atoms with Gasteiger partial charge in [0.25, 0.3) is 5.91 Å². The molecule has 0 unspecified atom stereocenters. The second-order valence-electron chi connectivity index (χ2n) is 5.81. The molecule has 1 aromatic heterocycles. The zero-order valence-electron chi connectivity index (χ0n) is 14.1. The molecule has 1 heterocycles. The lowest BCUT2D eigenvalue weighted by atomic mass is 10.0. The van der Waals surface area contributed by atoms with E-state index >= 15 is 0 Å². The fourth-order valence-corrected chi connectivity index (χ4v) is 2.55. The number of benzene rings is 1. The summed E-state index contributed by atoms with van der Waals surface area (Å²) in [6.45, 7) is 7.46. The van der Waals surface area contributed by atoms with Crippen LogP contribution in [0.2, 0.25) is 0 Å². The van der Waals surface area contributed by atoms with Crippen LogP contribution in [0.1, 0.15) is 34.1 Å². The van der Waals surface area contributed by atoms with Gasteiger partial charge in [-0.3, -0.25) is 4.79 Å². The molecule has 5 heteroatoms. The topological polar surface area (TPSA) is 60.3 Å². The first-order valence-electron chi connectivity index (χ1n) is 7.50. The minimum absolute atomic E-state index is 0.345. The number of aryl methyl sites for hydroxylation is 4. The Morgan fingerprint density at radius 3 is 2.30 bits per heavy atom. The van der Waals surface area contributed by atoms with E-state index in [9.17, 15) is 9.59 Å². The van der Waals surface area contributed by atoms with Crippen molar-refractivity contribution in [2.45, 2.75) is 33.8 Å². The summed E-state index contributed by atoms with van der Waals surface area (Å²) in [4.78, 5) is 24.3. The minimum atomic E-state index is -0.877. The second kappa shape index (κ2) is 6.69. The smallest absolute Gasteiger partial charge is 0.355 e. The molecule has 1 N–H and O–H groups in total. The average Bonchev–Trinajstić information content (AvgIpc) is 2.88. The third-order valence-electron chi connectivity index (χ3n) is 3.73. The van der Waals surface area contributed by atoms with E-state index in [2.05, 4.69) is 5.32 Å². The van der Waals surface area contributed by atoms with Crippen LogP contribution in [0.25, 0.3) is 0 Å². The average molecular weight is 314 g/mol. The van der Waals surface area contributed by atoms with Crippen LogP contribution in [0.4, 0.5) is 5.69 Å². The number of nitrogens with zero attached hydrogens (tertiary/aromatic N) is 1. The van der Waals surface area contributed by atoms with Crippen molar-refractivity contribution in [3.63, 3.8) is 0 Å². The van der Waals surface area contributed by atoms with E-state index < -0.39 is 12.1 Å². The molecule has 5 nitrogen and oxygen atoms in total. The van der Waals surface area contributed by atoms with Crippen molar-refractivity contribution < 1.29 is 14.3 Å². The third kappa shape index (κ3) is 3.80. The Morgan fingerprint density at radius 2 is 1.78 bits per heavy atom. The molecule has 1 aromatic carbocycles. The number of aromatic nitrogens is 1. The summed E-state index contributed by atoms with van der Waals surface area (Å²) < 4.78 is 6.90. The van der Waals surface area contributed by atoms with Crippen LogP contribution in [0.15, 0.2) is 30.5 Å². The van der Waals surface area contributed by atoms with Crippen molar-refractivity contribution in [3.05, 3.63) is 52.8 Å². The Hall–Kier alpha value is -2.56. The van der Waals surface area contributed by atoms with Gasteiger partial charge in [0.2, 0.25) is 0 Å². The lowest BCUT2D eigenvalue weighted by molar-refractivity contribution is -0.123. The Labute approximate surface area is 136 Å². The highest BCUT2D eigenvalue weighted by molar-refractivity contribution is 5.97. The monoisotopic (exact) mass is 314 g/mol. The summed E-state index contributed by atoms with van der Waals surface area (Å²) in [6, 6.07) is 7.41. The lowest BCUT2D eigenvalue weighted by Crippen LogP contribution is -2.31. The van der Waals surface area contributed by atoms with Crippen molar-refractivity contribution in [3.8, 4) is 0 Å². The highest BCUT2D eigenvalue weighted by atomic mass is 16.5. The van der Waals surface area contributed by atoms with Crippen LogP contribution >= 0.6 is 0 Å². The van der Waals surface area contributed by atoms with Crippen LogP contribution in [-0.4, -0.2) is 22.5 Å². The van der Waals surface area contributed by atoms with Gasteiger partial charge >= 0.3 is 5.97 Å². The quantitative estimate of drug-likeness (QED) is 0.882. The first kappa shape index (κ1) is 16.8. The van der Waals surface area contributed by atoms with Crippen LogP contribution in [0.5, 0.6) is 0 Å². The standard InChI is InChI=1S/C18H22N2O3/c1-11-9-12(2)16(13(3)10-11)19-17(21)14(4)23-18(22)15-7-6-8-20(15)5/h6-10,14H,1-5H3,(H,19,21)/t14-/m1/s1. The second-order valence-corrected chi connectivity index (χ2v) is 5.81. The molecule has 2 aromatic rings. The van der Waals surface area contributed by atoms with Gasteiger partial charge in [-0.15, -0.1) is 0 Å². The normalized spacial score (nSPS) is 11.9. The van der Waals surface area contributed by atoms with Crippen molar-refractivity contribution >= 4 is 17.6 Å². The summed E-state index contributed by atoms with van der Waals surface area (Å²) >= 11 is 0. The number of anilines is 1. The summed E-state index contributed by atoms with van der Waals surface area (Å²) in [7, 11) is 1.75. The Morgan fingerprint density at radius 1 is 1.17 bits per heavy atom. The van der Waals surface area contributed by atoms with Crippen LogP contribution in [0, 0.1) is 20.8 Å². The number of amides is 1. The van der Waals surface area contributed by atoms with Crippen LogP contribution in [-0.2, 0) is 16.6 Å². The lowest BCUT2D eigenvalue weighted by Gasteiger charge is -2.17. The van der Waals surface area contributed by atoms with Gasteiger partial charge in [0.05, 0.1) is 0 Å². The van der Waals surface area contributed by atoms with Gasteiger partial charge in [0, 0.05) is 18.9 Å². The molecule has 0 aliphatic carbocycles. The number of carbonyl (C=O) groups is 2. The molecule has 1 amide bonds. The maximum Gasteiger partial charge on any atom is 0.355 e. The first-order chi connectivity index (χ1) is 10.8. The predicted octanol–water partition coefficient (Wildman–Crippen LogP) is 3.13. The summed E-state index contributed by atoms with van der Waals surface area (Å²) in [5.41, 5.74) is 4.28. The van der Waals surface area contributed by atoms with E-state index in [4.69, 9.17) is 4.74 Å². The molecule has 0 fully saturated rings. The zero-order valence-corrected chi connectivity index (χ0v) is 14.1. The van der Waals surface area contributed by atoms with E-state index in [0.29, 0.717) is 5.69 Å². The van der Waals surface area contributed by atoms with Crippen molar-refractivity contribution in [2.24, 2.45) is 7.05 Å². The van der Waals surface area contributed by atoms with Crippen LogP contribution in [0.3, 0.4) is 0 Å². The molecule has 23 heavy (non-hydrogen) atoms. The minimum Gasteiger partial charge on any atom is -0.448 e. The number of esters is 1. The molecular formula is C18H22N2O3. The summed E-state index contributed by atoms with van der Waals surface area (Å²) in [5.74, 6) is -0.861. The molecule has 0 spiro atoms. The highest BCUT2D eigenvalue weighted by Crippen LogP contribution is 2.22. The van der Waals surface area contributed by atoms with Gasteiger partial charge in [0.15, 0.2) is 6.10 Å². The van der Waals surface area contributed by atoms with E-state index in [-0.39, 0.29) is 5.91 Å². The number of carbonyl (C=O) groups excluding carboxylic acids is 2. The van der Waals surface area contributed by atoms with Gasteiger partial charge in [0.1, 0.15) is 5.69 Å². The summed E-state index contributed by atoms with van der Waals surface area (Å²) in [6.07, 6.45) is 0.873. The van der Waals surface area contributed by atoms with E-state index in [1.165, 1.54) is 0 Å². The van der Waals surface area contributed by atoms with E-state index in [0.717, 1.165) is 22.4 Å². The number of hydrogen-bond acceptors (Lipinski definition) is 3. The molecule has 0 aliphatic heterocycles. The molecule has 0 aliphatic rings. The first-order valence-corrected chi connectivity index (χ1v) is 7.50. The molecule has 0 radical (unpaired) electrons. The summed E-state index contributed by atoms with van der Waals surface area (Å²) in [5, 5.41) is 2.85. The van der Waals surface area contributed by atoms with Crippen molar-refractivity contribution in [2.75, 3.05) is 5.32 Å². The van der Waals surface area contributed by atoms with E-state index in [1.807, 2.05) is 32.9 Å². The Kier molecular flexibility index (Phi) is 4.89. The maximum absolute atomic E-state index is 12.3. The third-order valence-corrected chi connectivity index (χ3v) is 3.73. The molecular weight excluding hydrogens is 292 g/mol. The van der Waals surface area contributed by atoms with Crippen LogP contribution < -0.4 is 5.32 Å². The fourth-order valence-electron chi connectivity index (χ4n) is 2.55. The SMILES string of the molecule is Cc1cc(C)c(NC(=O)[C@@H](C)OC(=O)c2cccn2C)c(C)c1. The van der Waals surface area contributed by atoms with Gasteiger partial charge in [-0.1, -0.05) is 17.7 Å². The molecule has 0 bridgehead atoms. The van der Waals surface area contributed by atoms with Gasteiger partial charge in [-0.25, -0.2) is 4.79 Å². The fraction of sp³-hybridized carbons (Fsp3) is 0.333.